The molecule has 2 aliphatic heterocycles. The number of rotatable bonds is 3. The molecule has 1 aromatic carbocycles. The summed E-state index contributed by atoms with van der Waals surface area (Å²) in [7, 11) is 0. The van der Waals surface area contributed by atoms with E-state index < -0.39 is 0 Å². The standard InChI is InChI=1S/C21H22N4OS2/c26-20(15-23-10-12-24(13-11-23)21-22-9-14-27-21)25-16-5-1-3-7-18(16)28-19-8-4-2-6-17(19)25/h1-9,14,16,18H,10-13,15H2/t16-,18-/m0/s1. The number of benzene rings is 1. The smallest absolute Gasteiger partial charge is 0.241 e. The number of fused-ring (bicyclic) bond motifs is 2. The third-order valence-corrected chi connectivity index (χ3v) is 7.57. The Balaban J connectivity index is 1.30. The number of anilines is 2. The SMILES string of the molecule is O=C(CN1CCN(c2nccs2)CC1)N1c2ccccc2S[C@H]2C=CC=C[C@@H]21. The number of allylic oxidation sites excluding steroid dienone is 2. The number of thiazole rings is 1. The van der Waals surface area contributed by atoms with E-state index >= 15 is 0 Å². The number of carbonyl (C=O) groups excluding carboxylic acids is 1. The Bertz CT molecular complexity index is 903. The molecule has 0 radical (unpaired) electrons. The van der Waals surface area contributed by atoms with Gasteiger partial charge < -0.3 is 9.80 Å². The first kappa shape index (κ1) is 18.0. The Morgan fingerprint density at radius 1 is 1.11 bits per heavy atom. The van der Waals surface area contributed by atoms with E-state index in [1.807, 2.05) is 34.3 Å². The summed E-state index contributed by atoms with van der Waals surface area (Å²) in [6.45, 7) is 4.08. The molecular formula is C21H22N4OS2. The third-order valence-electron chi connectivity index (χ3n) is 5.43. The predicted molar refractivity (Wildman–Crippen MR) is 116 cm³/mol. The van der Waals surface area contributed by atoms with Crippen LogP contribution in [0.5, 0.6) is 0 Å². The fraction of sp³-hybridized carbons (Fsp3) is 0.333. The van der Waals surface area contributed by atoms with Crippen molar-refractivity contribution in [3.8, 4) is 0 Å². The molecule has 1 fully saturated rings. The minimum atomic E-state index is 0.0917. The van der Waals surface area contributed by atoms with Crippen molar-refractivity contribution in [2.75, 3.05) is 42.5 Å². The molecule has 0 spiro atoms. The van der Waals surface area contributed by atoms with E-state index in [2.05, 4.69) is 57.3 Å². The summed E-state index contributed by atoms with van der Waals surface area (Å²) in [5.74, 6) is 0.186. The number of nitrogens with zero attached hydrogens (tertiary/aromatic N) is 4. The van der Waals surface area contributed by atoms with E-state index in [9.17, 15) is 4.79 Å². The zero-order chi connectivity index (χ0) is 18.9. The number of carbonyl (C=O) groups is 1. The van der Waals surface area contributed by atoms with Gasteiger partial charge in [-0.3, -0.25) is 9.69 Å². The van der Waals surface area contributed by atoms with Crippen LogP contribution in [-0.4, -0.2) is 59.8 Å². The Kier molecular flexibility index (Phi) is 4.96. The van der Waals surface area contributed by atoms with Crippen molar-refractivity contribution in [1.29, 1.82) is 0 Å². The first-order chi connectivity index (χ1) is 13.8. The molecule has 1 saturated heterocycles. The van der Waals surface area contributed by atoms with Crippen LogP contribution >= 0.6 is 23.1 Å². The van der Waals surface area contributed by atoms with E-state index in [0.717, 1.165) is 37.0 Å². The largest absolute Gasteiger partial charge is 0.346 e. The first-order valence-electron chi connectivity index (χ1n) is 9.59. The van der Waals surface area contributed by atoms with Crippen molar-refractivity contribution in [1.82, 2.24) is 9.88 Å². The Morgan fingerprint density at radius 3 is 2.75 bits per heavy atom. The van der Waals surface area contributed by atoms with Crippen molar-refractivity contribution in [3.05, 3.63) is 60.1 Å². The molecule has 7 heteroatoms. The van der Waals surface area contributed by atoms with Gasteiger partial charge in [-0.1, -0.05) is 36.4 Å². The van der Waals surface area contributed by atoms with E-state index in [1.54, 1.807) is 11.3 Å². The van der Waals surface area contributed by atoms with Gasteiger partial charge in [0.05, 0.1) is 23.5 Å². The van der Waals surface area contributed by atoms with Crippen molar-refractivity contribution in [3.63, 3.8) is 0 Å². The van der Waals surface area contributed by atoms with Gasteiger partial charge in [0.25, 0.3) is 0 Å². The van der Waals surface area contributed by atoms with Crippen molar-refractivity contribution < 1.29 is 4.79 Å². The van der Waals surface area contributed by atoms with Gasteiger partial charge >= 0.3 is 0 Å². The van der Waals surface area contributed by atoms with E-state index in [1.165, 1.54) is 4.90 Å². The van der Waals surface area contributed by atoms with E-state index in [4.69, 9.17) is 0 Å². The topological polar surface area (TPSA) is 39.7 Å². The molecule has 3 heterocycles. The average Bonchev–Trinajstić information content (AvgIpc) is 3.27. The molecule has 3 aliphatic rings. The van der Waals surface area contributed by atoms with Gasteiger partial charge in [-0.05, 0) is 12.1 Å². The molecule has 144 valence electrons. The van der Waals surface area contributed by atoms with Crippen LogP contribution in [0.4, 0.5) is 10.8 Å². The fourth-order valence-electron chi connectivity index (χ4n) is 4.02. The summed E-state index contributed by atoms with van der Waals surface area (Å²) >= 11 is 3.53. The number of hydrogen-bond donors (Lipinski definition) is 0. The molecule has 1 aromatic heterocycles. The summed E-state index contributed by atoms with van der Waals surface area (Å²) < 4.78 is 0. The zero-order valence-corrected chi connectivity index (χ0v) is 17.1. The van der Waals surface area contributed by atoms with Crippen LogP contribution < -0.4 is 9.80 Å². The van der Waals surface area contributed by atoms with Crippen molar-refractivity contribution in [2.45, 2.75) is 16.2 Å². The normalized spacial score (nSPS) is 24.1. The molecule has 1 aliphatic carbocycles. The maximum Gasteiger partial charge on any atom is 0.241 e. The predicted octanol–water partition coefficient (Wildman–Crippen LogP) is 3.27. The highest BCUT2D eigenvalue weighted by Crippen LogP contribution is 2.43. The molecule has 0 N–H and O–H groups in total. The van der Waals surface area contributed by atoms with Crippen LogP contribution in [0.1, 0.15) is 0 Å². The number of aromatic nitrogens is 1. The van der Waals surface area contributed by atoms with Gasteiger partial charge in [0.15, 0.2) is 5.13 Å². The Hall–Kier alpha value is -2.09. The minimum Gasteiger partial charge on any atom is -0.346 e. The van der Waals surface area contributed by atoms with Crippen LogP contribution in [0.25, 0.3) is 0 Å². The second-order valence-corrected chi connectivity index (χ2v) is 9.25. The third kappa shape index (κ3) is 3.38. The molecular weight excluding hydrogens is 388 g/mol. The van der Waals surface area contributed by atoms with E-state index in [0.29, 0.717) is 6.54 Å². The number of hydrogen-bond acceptors (Lipinski definition) is 6. The molecule has 1 amide bonds. The van der Waals surface area contributed by atoms with Gasteiger partial charge in [-0.15, -0.1) is 23.1 Å². The van der Waals surface area contributed by atoms with Gasteiger partial charge in [-0.25, -0.2) is 4.98 Å². The number of thioether (sulfide) groups is 1. The number of amides is 1. The highest BCUT2D eigenvalue weighted by atomic mass is 32.2. The number of piperazine rings is 1. The molecule has 28 heavy (non-hydrogen) atoms. The molecule has 0 saturated carbocycles. The molecule has 2 aromatic rings. The summed E-state index contributed by atoms with van der Waals surface area (Å²) in [5.41, 5.74) is 1.04. The minimum absolute atomic E-state index is 0.0917. The van der Waals surface area contributed by atoms with Crippen LogP contribution in [-0.2, 0) is 4.79 Å². The molecule has 5 nitrogen and oxygen atoms in total. The number of para-hydroxylation sites is 1. The maximum absolute atomic E-state index is 13.4. The van der Waals surface area contributed by atoms with Gasteiger partial charge in [0, 0.05) is 42.7 Å². The summed E-state index contributed by atoms with van der Waals surface area (Å²) in [6, 6.07) is 8.36. The van der Waals surface area contributed by atoms with Crippen LogP contribution in [0.2, 0.25) is 0 Å². The quantitative estimate of drug-likeness (QED) is 0.777. The lowest BCUT2D eigenvalue weighted by atomic mass is 10.0. The van der Waals surface area contributed by atoms with Gasteiger partial charge in [0.2, 0.25) is 5.91 Å². The summed E-state index contributed by atoms with van der Waals surface area (Å²) in [6.07, 6.45) is 10.4. The molecule has 2 atom stereocenters. The van der Waals surface area contributed by atoms with E-state index in [-0.39, 0.29) is 17.2 Å². The lowest BCUT2D eigenvalue weighted by molar-refractivity contribution is -0.120. The summed E-state index contributed by atoms with van der Waals surface area (Å²) in [4.78, 5) is 25.6. The van der Waals surface area contributed by atoms with Crippen molar-refractivity contribution >= 4 is 39.8 Å². The highest BCUT2D eigenvalue weighted by Gasteiger charge is 2.37. The maximum atomic E-state index is 13.4. The van der Waals surface area contributed by atoms with Crippen LogP contribution in [0.3, 0.4) is 0 Å². The van der Waals surface area contributed by atoms with Gasteiger partial charge in [0.1, 0.15) is 0 Å². The Labute approximate surface area is 173 Å². The first-order valence-corrected chi connectivity index (χ1v) is 11.3. The zero-order valence-electron chi connectivity index (χ0n) is 15.5. The van der Waals surface area contributed by atoms with Crippen LogP contribution in [0.15, 0.2) is 65.0 Å². The fourth-order valence-corrected chi connectivity index (χ4v) is 5.97. The second kappa shape index (κ2) is 7.73. The molecule has 0 unspecified atom stereocenters. The second-order valence-electron chi connectivity index (χ2n) is 7.15. The lowest BCUT2D eigenvalue weighted by Gasteiger charge is -2.42. The highest BCUT2D eigenvalue weighted by molar-refractivity contribution is 8.00. The van der Waals surface area contributed by atoms with Crippen molar-refractivity contribution in [2.24, 2.45) is 0 Å². The average molecular weight is 411 g/mol. The summed E-state index contributed by atoms with van der Waals surface area (Å²) in [5, 5.41) is 3.38. The lowest BCUT2D eigenvalue weighted by Crippen LogP contribution is -2.54. The van der Waals surface area contributed by atoms with Gasteiger partial charge in [-0.2, -0.15) is 0 Å². The molecule has 0 bridgehead atoms. The monoisotopic (exact) mass is 410 g/mol. The molecule has 5 rings (SSSR count). The van der Waals surface area contributed by atoms with Crippen LogP contribution in [0, 0.1) is 0 Å². The Morgan fingerprint density at radius 2 is 1.93 bits per heavy atom.